The van der Waals surface area contributed by atoms with Crippen molar-refractivity contribution < 1.29 is 0 Å². The highest BCUT2D eigenvalue weighted by atomic mass is 14.9. The first-order chi connectivity index (χ1) is 9.76. The number of rotatable bonds is 2. The molecule has 0 saturated carbocycles. The molecule has 0 aliphatic rings. The monoisotopic (exact) mass is 260 g/mol. The van der Waals surface area contributed by atoms with E-state index in [2.05, 4.69) is 21.0 Å². The molecule has 0 aliphatic heterocycles. The molecule has 2 aromatic heterocycles. The summed E-state index contributed by atoms with van der Waals surface area (Å²) in [5, 5.41) is 9.33. The summed E-state index contributed by atoms with van der Waals surface area (Å²) < 4.78 is 0. The van der Waals surface area contributed by atoms with Crippen LogP contribution in [0.2, 0.25) is 0 Å². The fourth-order valence-corrected chi connectivity index (χ4v) is 2.03. The molecule has 4 nitrogen and oxygen atoms in total. The van der Waals surface area contributed by atoms with Crippen LogP contribution in [0.15, 0.2) is 42.5 Å². The van der Waals surface area contributed by atoms with Crippen molar-refractivity contribution >= 4 is 22.7 Å². The van der Waals surface area contributed by atoms with E-state index in [1.165, 1.54) is 0 Å². The van der Waals surface area contributed by atoms with Gasteiger partial charge in [0.15, 0.2) is 0 Å². The van der Waals surface area contributed by atoms with Gasteiger partial charge in [-0.3, -0.25) is 4.98 Å². The Balaban J connectivity index is 2.07. The molecule has 4 heteroatoms. The number of imidazole rings is 1. The molecule has 0 atom stereocenters. The van der Waals surface area contributed by atoms with Gasteiger partial charge in [-0.2, -0.15) is 5.26 Å². The molecule has 0 spiro atoms. The Hall–Kier alpha value is -2.93. The Morgan fingerprint density at radius 1 is 1.15 bits per heavy atom. The van der Waals surface area contributed by atoms with Crippen molar-refractivity contribution in [3.63, 3.8) is 0 Å². The summed E-state index contributed by atoms with van der Waals surface area (Å²) in [5.74, 6) is 0.567. The predicted octanol–water partition coefficient (Wildman–Crippen LogP) is 3.33. The van der Waals surface area contributed by atoms with Gasteiger partial charge in [0.1, 0.15) is 11.9 Å². The van der Waals surface area contributed by atoms with Gasteiger partial charge in [0.2, 0.25) is 0 Å². The maximum Gasteiger partial charge on any atom is 0.149 e. The molecule has 20 heavy (non-hydrogen) atoms. The standard InChI is InChI=1S/C16H12N4/c1-11-5-4-6-13(18-11)9-12(10-17)16-19-14-7-2-3-8-15(14)20-16/h2-9H,1H3,(H,19,20)/b12-9+. The molecule has 1 aromatic carbocycles. The minimum Gasteiger partial charge on any atom is -0.337 e. The number of H-pyrrole nitrogens is 1. The molecule has 96 valence electrons. The highest BCUT2D eigenvalue weighted by molar-refractivity contribution is 5.89. The zero-order chi connectivity index (χ0) is 13.9. The van der Waals surface area contributed by atoms with E-state index >= 15 is 0 Å². The molecule has 2 heterocycles. The summed E-state index contributed by atoms with van der Waals surface area (Å²) >= 11 is 0. The molecular weight excluding hydrogens is 248 g/mol. The van der Waals surface area contributed by atoms with Crippen molar-refractivity contribution in [1.82, 2.24) is 15.0 Å². The fraction of sp³-hybridized carbons (Fsp3) is 0.0625. The van der Waals surface area contributed by atoms with Gasteiger partial charge in [0, 0.05) is 5.69 Å². The second-order valence-corrected chi connectivity index (χ2v) is 4.48. The molecule has 3 rings (SSSR count). The van der Waals surface area contributed by atoms with Crippen LogP contribution in [0.3, 0.4) is 0 Å². The van der Waals surface area contributed by atoms with Crippen molar-refractivity contribution in [1.29, 1.82) is 5.26 Å². The van der Waals surface area contributed by atoms with E-state index in [-0.39, 0.29) is 0 Å². The summed E-state index contributed by atoms with van der Waals surface area (Å²) in [6.07, 6.45) is 1.74. The van der Waals surface area contributed by atoms with Gasteiger partial charge < -0.3 is 4.98 Å². The Morgan fingerprint density at radius 2 is 2.00 bits per heavy atom. The molecule has 0 saturated heterocycles. The van der Waals surface area contributed by atoms with Crippen LogP contribution < -0.4 is 0 Å². The quantitative estimate of drug-likeness (QED) is 0.719. The molecule has 0 radical (unpaired) electrons. The number of hydrogen-bond acceptors (Lipinski definition) is 3. The molecule has 1 N–H and O–H groups in total. The third-order valence-electron chi connectivity index (χ3n) is 2.97. The molecule has 3 aromatic rings. The van der Waals surface area contributed by atoms with Gasteiger partial charge in [0.05, 0.1) is 22.3 Å². The predicted molar refractivity (Wildman–Crippen MR) is 78.6 cm³/mol. The number of allylic oxidation sites excluding steroid dienone is 1. The van der Waals surface area contributed by atoms with Crippen molar-refractivity contribution in [2.24, 2.45) is 0 Å². The Morgan fingerprint density at radius 3 is 2.75 bits per heavy atom. The number of nitrogens with one attached hydrogen (secondary N) is 1. The second-order valence-electron chi connectivity index (χ2n) is 4.48. The van der Waals surface area contributed by atoms with E-state index in [4.69, 9.17) is 0 Å². The van der Waals surface area contributed by atoms with Crippen LogP contribution in [0.4, 0.5) is 0 Å². The van der Waals surface area contributed by atoms with Gasteiger partial charge >= 0.3 is 0 Å². The number of benzene rings is 1. The number of pyridine rings is 1. The van der Waals surface area contributed by atoms with E-state index in [0.717, 1.165) is 22.4 Å². The number of aromatic amines is 1. The van der Waals surface area contributed by atoms with Crippen molar-refractivity contribution in [2.75, 3.05) is 0 Å². The van der Waals surface area contributed by atoms with Crippen LogP contribution in [-0.4, -0.2) is 15.0 Å². The SMILES string of the molecule is Cc1cccc(/C=C(\C#N)c2nc3ccccc3[nH]2)n1. The number of hydrogen-bond donors (Lipinski definition) is 1. The number of nitriles is 1. The maximum atomic E-state index is 9.33. The van der Waals surface area contributed by atoms with E-state index in [1.807, 2.05) is 49.4 Å². The third kappa shape index (κ3) is 2.29. The molecule has 0 aliphatic carbocycles. The van der Waals surface area contributed by atoms with Crippen LogP contribution in [0.25, 0.3) is 22.7 Å². The van der Waals surface area contributed by atoms with E-state index < -0.39 is 0 Å². The lowest BCUT2D eigenvalue weighted by atomic mass is 10.2. The lowest BCUT2D eigenvalue weighted by Gasteiger charge is -1.96. The third-order valence-corrected chi connectivity index (χ3v) is 2.97. The van der Waals surface area contributed by atoms with Crippen LogP contribution in [0, 0.1) is 18.3 Å². The van der Waals surface area contributed by atoms with Crippen LogP contribution in [0.1, 0.15) is 17.2 Å². The zero-order valence-corrected chi connectivity index (χ0v) is 11.0. The number of aryl methyl sites for hydroxylation is 1. The lowest BCUT2D eigenvalue weighted by molar-refractivity contribution is 1.18. The summed E-state index contributed by atoms with van der Waals surface area (Å²) in [7, 11) is 0. The van der Waals surface area contributed by atoms with E-state index in [9.17, 15) is 5.26 Å². The summed E-state index contributed by atoms with van der Waals surface area (Å²) in [5.41, 5.74) is 3.91. The molecule has 0 amide bonds. The first-order valence-electron chi connectivity index (χ1n) is 6.27. The Kier molecular flexibility index (Phi) is 3.02. The average Bonchev–Trinajstić information content (AvgIpc) is 2.88. The highest BCUT2D eigenvalue weighted by Crippen LogP contribution is 2.18. The largest absolute Gasteiger partial charge is 0.337 e. The number of nitrogens with zero attached hydrogens (tertiary/aromatic N) is 3. The van der Waals surface area contributed by atoms with Gasteiger partial charge in [-0.1, -0.05) is 18.2 Å². The number of para-hydroxylation sites is 2. The smallest absolute Gasteiger partial charge is 0.149 e. The van der Waals surface area contributed by atoms with Gasteiger partial charge in [-0.15, -0.1) is 0 Å². The second kappa shape index (κ2) is 4.98. The summed E-state index contributed by atoms with van der Waals surface area (Å²) in [6, 6.07) is 15.6. The number of fused-ring (bicyclic) bond motifs is 1. The zero-order valence-electron chi connectivity index (χ0n) is 11.0. The normalized spacial score (nSPS) is 11.5. The minimum absolute atomic E-state index is 0.472. The Labute approximate surface area is 116 Å². The van der Waals surface area contributed by atoms with Crippen LogP contribution in [-0.2, 0) is 0 Å². The van der Waals surface area contributed by atoms with Gasteiger partial charge in [0.25, 0.3) is 0 Å². The highest BCUT2D eigenvalue weighted by Gasteiger charge is 2.07. The molecule has 0 unspecified atom stereocenters. The van der Waals surface area contributed by atoms with Gasteiger partial charge in [-0.05, 0) is 37.3 Å². The van der Waals surface area contributed by atoms with Crippen molar-refractivity contribution in [2.45, 2.75) is 6.92 Å². The molecule has 0 fully saturated rings. The maximum absolute atomic E-state index is 9.33. The summed E-state index contributed by atoms with van der Waals surface area (Å²) in [6.45, 7) is 1.92. The minimum atomic E-state index is 0.472. The number of aromatic nitrogens is 3. The van der Waals surface area contributed by atoms with Crippen LogP contribution >= 0.6 is 0 Å². The van der Waals surface area contributed by atoms with Crippen LogP contribution in [0.5, 0.6) is 0 Å². The van der Waals surface area contributed by atoms with E-state index in [1.54, 1.807) is 6.08 Å². The molecule has 0 bridgehead atoms. The fourth-order valence-electron chi connectivity index (χ4n) is 2.03. The van der Waals surface area contributed by atoms with Gasteiger partial charge in [-0.25, -0.2) is 4.98 Å². The first-order valence-corrected chi connectivity index (χ1v) is 6.27. The molecular formula is C16H12N4. The van der Waals surface area contributed by atoms with Crippen molar-refractivity contribution in [3.05, 3.63) is 59.7 Å². The van der Waals surface area contributed by atoms with E-state index in [0.29, 0.717) is 11.4 Å². The first kappa shape index (κ1) is 12.1. The topological polar surface area (TPSA) is 65.4 Å². The van der Waals surface area contributed by atoms with Crippen molar-refractivity contribution in [3.8, 4) is 6.07 Å². The Bertz CT molecular complexity index is 804. The average molecular weight is 260 g/mol. The summed E-state index contributed by atoms with van der Waals surface area (Å²) in [4.78, 5) is 12.0. The lowest BCUT2D eigenvalue weighted by Crippen LogP contribution is -1.88.